The van der Waals surface area contributed by atoms with Crippen LogP contribution in [0, 0.1) is 0 Å². The lowest BCUT2D eigenvalue weighted by molar-refractivity contribution is -0.122. The Morgan fingerprint density at radius 1 is 0.881 bits per heavy atom. The second kappa shape index (κ2) is 12.2. The van der Waals surface area contributed by atoms with E-state index >= 15 is 0 Å². The van der Waals surface area contributed by atoms with Crippen LogP contribution in [-0.4, -0.2) is 26.3 Å². The van der Waals surface area contributed by atoms with Crippen LogP contribution < -0.4 is 19.1 Å². The van der Waals surface area contributed by atoms with Crippen molar-refractivity contribution in [3.8, 4) is 11.5 Å². The van der Waals surface area contributed by atoms with E-state index in [1.807, 2.05) is 30.3 Å². The Labute approximate surface area is 254 Å². The molecule has 1 fully saturated rings. The summed E-state index contributed by atoms with van der Waals surface area (Å²) in [7, 11) is -4.29. The zero-order chi connectivity index (χ0) is 29.9. The van der Waals surface area contributed by atoms with Gasteiger partial charge in [-0.25, -0.2) is 9.69 Å². The summed E-state index contributed by atoms with van der Waals surface area (Å²) >= 11 is 9.16. The summed E-state index contributed by atoms with van der Waals surface area (Å²) in [5, 5.41) is 2.49. The lowest BCUT2D eigenvalue weighted by atomic mass is 10.1. The maximum Gasteiger partial charge on any atom is 0.339 e. The Bertz CT molecular complexity index is 1810. The standard InChI is InChI=1S/C30H20BrClN2O7S/c31-21-6-15-27(41-42(38,39)25-13-7-22(32)8-14-25)20(16-21)17-26-28(35)33-30(37)34(29(26)36)23-9-11-24(12-10-23)40-18-19-4-2-1-3-5-19/h1-17H,18H2,(H,33,35,37)/b26-17+. The fraction of sp³-hybridized carbons (Fsp3) is 0.0333. The molecule has 4 amide bonds. The van der Waals surface area contributed by atoms with E-state index in [1.165, 1.54) is 54.6 Å². The molecule has 1 aliphatic heterocycles. The maximum absolute atomic E-state index is 13.4. The van der Waals surface area contributed by atoms with Gasteiger partial charge in [-0.15, -0.1) is 0 Å². The molecule has 9 nitrogen and oxygen atoms in total. The Kier molecular flexibility index (Phi) is 8.44. The maximum atomic E-state index is 13.4. The number of amides is 4. The van der Waals surface area contributed by atoms with Crippen LogP contribution in [0.2, 0.25) is 5.02 Å². The second-order valence-electron chi connectivity index (χ2n) is 8.90. The van der Waals surface area contributed by atoms with Crippen molar-refractivity contribution in [2.75, 3.05) is 4.90 Å². The molecule has 212 valence electrons. The van der Waals surface area contributed by atoms with Crippen LogP contribution in [0.4, 0.5) is 10.5 Å². The van der Waals surface area contributed by atoms with Gasteiger partial charge in [0.2, 0.25) is 0 Å². The highest BCUT2D eigenvalue weighted by molar-refractivity contribution is 9.10. The number of hydrogen-bond acceptors (Lipinski definition) is 7. The van der Waals surface area contributed by atoms with Crippen molar-refractivity contribution >= 4 is 67.3 Å². The van der Waals surface area contributed by atoms with Crippen LogP contribution in [0.15, 0.2) is 112 Å². The van der Waals surface area contributed by atoms with E-state index in [0.717, 1.165) is 16.5 Å². The summed E-state index contributed by atoms with van der Waals surface area (Å²) in [5.74, 6) is -1.49. The van der Waals surface area contributed by atoms with Crippen LogP contribution in [0.1, 0.15) is 11.1 Å². The van der Waals surface area contributed by atoms with Crippen molar-refractivity contribution in [3.63, 3.8) is 0 Å². The minimum atomic E-state index is -4.29. The number of rotatable bonds is 8. The molecular weight excluding hydrogens is 648 g/mol. The number of imide groups is 2. The zero-order valence-electron chi connectivity index (χ0n) is 21.5. The van der Waals surface area contributed by atoms with E-state index in [1.54, 1.807) is 12.1 Å². The van der Waals surface area contributed by atoms with Crippen LogP contribution in [0.5, 0.6) is 11.5 Å². The van der Waals surface area contributed by atoms with Crippen LogP contribution in [0.3, 0.4) is 0 Å². The molecule has 1 N–H and O–H groups in total. The molecular formula is C30H20BrClN2O7S. The lowest BCUT2D eigenvalue weighted by Crippen LogP contribution is -2.54. The molecule has 0 aliphatic carbocycles. The lowest BCUT2D eigenvalue weighted by Gasteiger charge is -2.26. The van der Waals surface area contributed by atoms with Crippen molar-refractivity contribution in [1.29, 1.82) is 0 Å². The number of carbonyl (C=O) groups excluding carboxylic acids is 3. The SMILES string of the molecule is O=C1NC(=O)N(c2ccc(OCc3ccccc3)cc2)C(=O)/C1=C/c1cc(Br)ccc1OS(=O)(=O)c1ccc(Cl)cc1. The largest absolute Gasteiger partial charge is 0.489 e. The van der Waals surface area contributed by atoms with E-state index < -0.39 is 33.5 Å². The fourth-order valence-corrected chi connectivity index (χ4v) is 5.41. The molecule has 0 radical (unpaired) electrons. The van der Waals surface area contributed by atoms with Crippen LogP contribution >= 0.6 is 27.5 Å². The number of nitrogens with one attached hydrogen (secondary N) is 1. The Morgan fingerprint density at radius 2 is 1.57 bits per heavy atom. The van der Waals surface area contributed by atoms with E-state index in [0.29, 0.717) is 21.9 Å². The van der Waals surface area contributed by atoms with Gasteiger partial charge in [0.05, 0.1) is 5.69 Å². The van der Waals surface area contributed by atoms with Crippen molar-refractivity contribution in [3.05, 3.63) is 123 Å². The third-order valence-electron chi connectivity index (χ3n) is 6.02. The van der Waals surface area contributed by atoms with Crippen molar-refractivity contribution in [2.45, 2.75) is 11.5 Å². The predicted molar refractivity (Wildman–Crippen MR) is 160 cm³/mol. The highest BCUT2D eigenvalue weighted by atomic mass is 79.9. The topological polar surface area (TPSA) is 119 Å². The third kappa shape index (κ3) is 6.54. The number of carbonyl (C=O) groups is 3. The van der Waals surface area contributed by atoms with Crippen molar-refractivity contribution < 1.29 is 31.7 Å². The van der Waals surface area contributed by atoms with E-state index in [9.17, 15) is 22.8 Å². The van der Waals surface area contributed by atoms with Gasteiger partial charge in [-0.3, -0.25) is 14.9 Å². The molecule has 0 unspecified atom stereocenters. The highest BCUT2D eigenvalue weighted by Gasteiger charge is 2.37. The highest BCUT2D eigenvalue weighted by Crippen LogP contribution is 2.31. The molecule has 42 heavy (non-hydrogen) atoms. The number of barbiturate groups is 1. The number of ether oxygens (including phenoxy) is 1. The summed E-state index contributed by atoms with van der Waals surface area (Å²) in [6.45, 7) is 0.329. The van der Waals surface area contributed by atoms with Gasteiger partial charge in [0.25, 0.3) is 11.8 Å². The second-order valence-corrected chi connectivity index (χ2v) is 11.8. The average Bonchev–Trinajstić information content (AvgIpc) is 2.97. The first-order valence-corrected chi connectivity index (χ1v) is 14.9. The number of urea groups is 1. The Balaban J connectivity index is 1.41. The molecule has 0 saturated carbocycles. The monoisotopic (exact) mass is 666 g/mol. The van der Waals surface area contributed by atoms with Gasteiger partial charge < -0.3 is 8.92 Å². The van der Waals surface area contributed by atoms with E-state index in [4.69, 9.17) is 20.5 Å². The minimum absolute atomic E-state index is 0.0966. The number of hydrogen-bond donors (Lipinski definition) is 1. The smallest absolute Gasteiger partial charge is 0.339 e. The molecule has 0 bridgehead atoms. The summed E-state index contributed by atoms with van der Waals surface area (Å²) in [6, 6.07) is 24.6. The number of halogens is 2. The summed E-state index contributed by atoms with van der Waals surface area (Å²) in [6.07, 6.45) is 1.16. The Morgan fingerprint density at radius 3 is 2.26 bits per heavy atom. The molecule has 0 spiro atoms. The molecule has 1 aliphatic rings. The molecule has 0 atom stereocenters. The Hall–Kier alpha value is -4.45. The average molecular weight is 668 g/mol. The first-order chi connectivity index (χ1) is 20.1. The first-order valence-electron chi connectivity index (χ1n) is 12.3. The number of anilines is 1. The summed E-state index contributed by atoms with van der Waals surface area (Å²) in [5.41, 5.74) is 0.849. The van der Waals surface area contributed by atoms with Gasteiger partial charge in [-0.1, -0.05) is 57.9 Å². The van der Waals surface area contributed by atoms with E-state index in [2.05, 4.69) is 21.2 Å². The molecule has 12 heteroatoms. The van der Waals surface area contributed by atoms with Crippen LogP contribution in [0.25, 0.3) is 6.08 Å². The van der Waals surface area contributed by atoms with E-state index in [-0.39, 0.29) is 21.9 Å². The first kappa shape index (κ1) is 29.1. The van der Waals surface area contributed by atoms with Crippen molar-refractivity contribution in [2.24, 2.45) is 0 Å². The third-order valence-corrected chi connectivity index (χ3v) is 8.01. The molecule has 0 aromatic heterocycles. The molecule has 4 aromatic carbocycles. The van der Waals surface area contributed by atoms with Gasteiger partial charge in [0, 0.05) is 15.1 Å². The predicted octanol–water partition coefficient (Wildman–Crippen LogP) is 6.12. The van der Waals surface area contributed by atoms with Gasteiger partial charge in [0.1, 0.15) is 28.6 Å². The quantitative estimate of drug-likeness (QED) is 0.137. The summed E-state index contributed by atoms with van der Waals surface area (Å²) < 4.78 is 37.4. The van der Waals surface area contributed by atoms with Crippen LogP contribution in [-0.2, 0) is 26.3 Å². The van der Waals surface area contributed by atoms with Crippen molar-refractivity contribution in [1.82, 2.24) is 5.32 Å². The minimum Gasteiger partial charge on any atom is -0.489 e. The molecule has 5 rings (SSSR count). The molecule has 1 saturated heterocycles. The van der Waals surface area contributed by atoms with Gasteiger partial charge in [-0.05, 0) is 78.4 Å². The normalized spacial score (nSPS) is 14.6. The molecule has 4 aromatic rings. The number of benzene rings is 4. The van der Waals surface area contributed by atoms with Gasteiger partial charge in [-0.2, -0.15) is 8.42 Å². The van der Waals surface area contributed by atoms with Gasteiger partial charge >= 0.3 is 16.1 Å². The number of nitrogens with zero attached hydrogens (tertiary/aromatic N) is 1. The van der Waals surface area contributed by atoms with Gasteiger partial charge in [0.15, 0.2) is 0 Å². The zero-order valence-corrected chi connectivity index (χ0v) is 24.6. The summed E-state index contributed by atoms with van der Waals surface area (Å²) in [4.78, 5) is 39.5. The molecule has 1 heterocycles. The fourth-order valence-electron chi connectivity index (χ4n) is 3.96.